The fraction of sp³-hybridized carbons (Fsp3) is 0.409. The predicted octanol–water partition coefficient (Wildman–Crippen LogP) is 2.40. The van der Waals surface area contributed by atoms with Crippen molar-refractivity contribution >= 4 is 31.5 Å². The molecule has 11 heteroatoms. The number of fused-ring (bicyclic) bond motifs is 2. The van der Waals surface area contributed by atoms with Crippen molar-refractivity contribution in [3.8, 4) is 0 Å². The van der Waals surface area contributed by atoms with Gasteiger partial charge in [-0.15, -0.1) is 0 Å². The quantitative estimate of drug-likeness (QED) is 0.674. The number of carbonyl (C=O) groups is 1. The third kappa shape index (κ3) is 4.18. The lowest BCUT2D eigenvalue weighted by molar-refractivity contribution is 0.0990. The molecule has 33 heavy (non-hydrogen) atoms. The van der Waals surface area contributed by atoms with E-state index in [1.807, 2.05) is 0 Å². The average Bonchev–Trinajstić information content (AvgIpc) is 2.82. The average molecular weight is 496 g/mol. The normalized spacial score (nSPS) is 18.7. The van der Waals surface area contributed by atoms with E-state index < -0.39 is 36.5 Å². The summed E-state index contributed by atoms with van der Waals surface area (Å²) in [6.45, 7) is 4.95. The number of sulfone groups is 1. The largest absolute Gasteiger partial charge is 0.317 e. The lowest BCUT2D eigenvalue weighted by atomic mass is 10.0. The van der Waals surface area contributed by atoms with Crippen molar-refractivity contribution in [2.24, 2.45) is 0 Å². The molecule has 2 aliphatic rings. The second-order valence-corrected chi connectivity index (χ2v) is 12.2. The number of rotatable bonds is 4. The highest BCUT2D eigenvalue weighted by Crippen LogP contribution is 2.40. The van der Waals surface area contributed by atoms with E-state index in [1.54, 1.807) is 13.8 Å². The van der Waals surface area contributed by atoms with Gasteiger partial charge >= 0.3 is 0 Å². The minimum absolute atomic E-state index is 0.0566. The number of halogens is 1. The second-order valence-electron chi connectivity index (χ2n) is 8.67. The molecule has 2 aromatic carbocycles. The molecule has 0 unspecified atom stereocenters. The topological polar surface area (TPSA) is 113 Å². The maximum atomic E-state index is 14.0. The van der Waals surface area contributed by atoms with Gasteiger partial charge in [0.1, 0.15) is 5.82 Å². The van der Waals surface area contributed by atoms with Gasteiger partial charge in [-0.3, -0.25) is 4.79 Å². The summed E-state index contributed by atoms with van der Waals surface area (Å²) in [4.78, 5) is 13.2. The number of amides is 1. The zero-order valence-electron chi connectivity index (χ0n) is 18.6. The van der Waals surface area contributed by atoms with Crippen LogP contribution in [-0.4, -0.2) is 48.9 Å². The first-order valence-electron chi connectivity index (χ1n) is 10.7. The summed E-state index contributed by atoms with van der Waals surface area (Å²) in [7, 11) is -7.04. The summed E-state index contributed by atoms with van der Waals surface area (Å²) in [5.74, 6) is -1.70. The molecule has 0 aliphatic carbocycles. The van der Waals surface area contributed by atoms with Crippen LogP contribution in [0.3, 0.4) is 0 Å². The lowest BCUT2D eigenvalue weighted by Crippen LogP contribution is -2.42. The molecule has 2 heterocycles. The molecule has 1 amide bonds. The Kier molecular flexibility index (Phi) is 6.10. The molecule has 8 nitrogen and oxygen atoms in total. The Balaban J connectivity index is 1.96. The Morgan fingerprint density at radius 1 is 1.12 bits per heavy atom. The molecule has 0 atom stereocenters. The molecule has 0 bridgehead atoms. The molecule has 2 N–H and O–H groups in total. The van der Waals surface area contributed by atoms with Crippen molar-refractivity contribution < 1.29 is 26.0 Å². The molecule has 1 fully saturated rings. The molecule has 0 aromatic heterocycles. The van der Waals surface area contributed by atoms with Crippen LogP contribution < -0.4 is 14.9 Å². The first kappa shape index (κ1) is 23.8. The molecular formula is C22H26FN3O5S2. The number of carbonyl (C=O) groups excluding carboxylic acids is 1. The molecule has 0 radical (unpaired) electrons. The Hall–Kier alpha value is -2.34. The van der Waals surface area contributed by atoms with Crippen LogP contribution in [0.25, 0.3) is 0 Å². The third-order valence-electron chi connectivity index (χ3n) is 6.08. The summed E-state index contributed by atoms with van der Waals surface area (Å²) in [6, 6.07) is 5.22. The van der Waals surface area contributed by atoms with Gasteiger partial charge < -0.3 is 10.2 Å². The third-order valence-corrected chi connectivity index (χ3v) is 9.48. The zero-order valence-corrected chi connectivity index (χ0v) is 20.2. The van der Waals surface area contributed by atoms with Crippen LogP contribution in [0, 0.1) is 5.82 Å². The fourth-order valence-corrected chi connectivity index (χ4v) is 7.70. The summed E-state index contributed by atoms with van der Waals surface area (Å²) in [5.41, 5.74) is 0.279. The van der Waals surface area contributed by atoms with Crippen LogP contribution in [0.2, 0.25) is 0 Å². The van der Waals surface area contributed by atoms with E-state index in [9.17, 15) is 26.0 Å². The standard InChI is InChI=1S/C22H26FN3O5S2/c1-13(2)17-11-18-21(12-20(17)33(30,31)25-15-6-8-24-9-7-15)32(28,29)19-10-14(23)4-5-16(19)22(27)26(18)3/h4-5,10-13,15,24-25H,6-9H2,1-3H3. The van der Waals surface area contributed by atoms with E-state index in [4.69, 9.17) is 0 Å². The molecule has 4 rings (SSSR count). The van der Waals surface area contributed by atoms with Gasteiger partial charge in [-0.25, -0.2) is 25.9 Å². The summed E-state index contributed by atoms with van der Waals surface area (Å²) in [6.07, 6.45) is 1.23. The van der Waals surface area contributed by atoms with Gasteiger partial charge in [-0.1, -0.05) is 13.8 Å². The Morgan fingerprint density at radius 2 is 1.79 bits per heavy atom. The van der Waals surface area contributed by atoms with Crippen molar-refractivity contribution in [2.45, 2.75) is 53.3 Å². The monoisotopic (exact) mass is 495 g/mol. The van der Waals surface area contributed by atoms with Crippen LogP contribution in [0.1, 0.15) is 48.5 Å². The smallest absolute Gasteiger partial charge is 0.259 e. The zero-order chi connectivity index (χ0) is 24.1. The molecule has 0 saturated carbocycles. The predicted molar refractivity (Wildman–Crippen MR) is 121 cm³/mol. The van der Waals surface area contributed by atoms with E-state index >= 15 is 0 Å². The molecule has 0 spiro atoms. The van der Waals surface area contributed by atoms with E-state index in [0.29, 0.717) is 31.5 Å². The van der Waals surface area contributed by atoms with Gasteiger partial charge in [0.05, 0.1) is 25.9 Å². The molecule has 2 aliphatic heterocycles. The van der Waals surface area contributed by atoms with Crippen LogP contribution in [0.15, 0.2) is 45.0 Å². The highest BCUT2D eigenvalue weighted by atomic mass is 32.2. The highest BCUT2D eigenvalue weighted by Gasteiger charge is 2.37. The Labute approximate surface area is 193 Å². The van der Waals surface area contributed by atoms with E-state index in [0.717, 1.165) is 24.3 Å². The second kappa shape index (κ2) is 8.46. The maximum Gasteiger partial charge on any atom is 0.259 e. The number of nitrogens with one attached hydrogen (secondary N) is 2. The first-order valence-corrected chi connectivity index (χ1v) is 13.6. The van der Waals surface area contributed by atoms with Gasteiger partial charge in [0.25, 0.3) is 5.91 Å². The molecule has 1 saturated heterocycles. The molecule has 2 aromatic rings. The van der Waals surface area contributed by atoms with Crippen LogP contribution >= 0.6 is 0 Å². The van der Waals surface area contributed by atoms with Crippen molar-refractivity contribution in [3.05, 3.63) is 47.3 Å². The SMILES string of the molecule is CC(C)c1cc2c(cc1S(=O)(=O)NC1CCNCC1)S(=O)(=O)c1cc(F)ccc1C(=O)N2C. The summed E-state index contributed by atoms with van der Waals surface area (Å²) in [5, 5.41) is 3.17. The van der Waals surface area contributed by atoms with Gasteiger partial charge in [0.15, 0.2) is 0 Å². The van der Waals surface area contributed by atoms with Crippen molar-refractivity contribution in [3.63, 3.8) is 0 Å². The number of sulfonamides is 1. The number of hydrogen-bond donors (Lipinski definition) is 2. The van der Waals surface area contributed by atoms with Gasteiger partial charge in [0, 0.05) is 13.1 Å². The van der Waals surface area contributed by atoms with Gasteiger partial charge in [0.2, 0.25) is 19.9 Å². The Bertz CT molecular complexity index is 1330. The summed E-state index contributed by atoms with van der Waals surface area (Å²) < 4.78 is 70.5. The number of benzene rings is 2. The fourth-order valence-electron chi connectivity index (χ4n) is 4.25. The minimum Gasteiger partial charge on any atom is -0.317 e. The lowest BCUT2D eigenvalue weighted by Gasteiger charge is -2.26. The number of piperidine rings is 1. The van der Waals surface area contributed by atoms with Crippen molar-refractivity contribution in [2.75, 3.05) is 25.0 Å². The number of hydrogen-bond acceptors (Lipinski definition) is 6. The Morgan fingerprint density at radius 3 is 2.42 bits per heavy atom. The van der Waals surface area contributed by atoms with E-state index in [2.05, 4.69) is 10.0 Å². The van der Waals surface area contributed by atoms with Crippen LogP contribution in [0.5, 0.6) is 0 Å². The number of anilines is 1. The van der Waals surface area contributed by atoms with Crippen LogP contribution in [0.4, 0.5) is 10.1 Å². The number of nitrogens with zero attached hydrogens (tertiary/aromatic N) is 1. The molecule has 178 valence electrons. The van der Waals surface area contributed by atoms with Crippen LogP contribution in [-0.2, 0) is 19.9 Å². The van der Waals surface area contributed by atoms with E-state index in [1.165, 1.54) is 18.0 Å². The first-order chi connectivity index (χ1) is 15.4. The maximum absolute atomic E-state index is 14.0. The van der Waals surface area contributed by atoms with Crippen molar-refractivity contribution in [1.82, 2.24) is 10.0 Å². The van der Waals surface area contributed by atoms with Gasteiger partial charge in [-0.05, 0) is 67.7 Å². The summed E-state index contributed by atoms with van der Waals surface area (Å²) >= 11 is 0. The van der Waals surface area contributed by atoms with Gasteiger partial charge in [-0.2, -0.15) is 0 Å². The van der Waals surface area contributed by atoms with E-state index in [-0.39, 0.29) is 33.0 Å². The minimum atomic E-state index is -4.39. The highest BCUT2D eigenvalue weighted by molar-refractivity contribution is 7.92. The van der Waals surface area contributed by atoms with Crippen molar-refractivity contribution in [1.29, 1.82) is 0 Å². The molecular weight excluding hydrogens is 469 g/mol.